The molecule has 0 aliphatic heterocycles. The first-order chi connectivity index (χ1) is 9.33. The van der Waals surface area contributed by atoms with Crippen molar-refractivity contribution >= 4 is 21.5 Å². The number of nitrogens with one attached hydrogen (secondary N) is 1. The number of sulfonamides is 1. The SMILES string of the molecule is COc1ccc(S(=O)(=O)Nc2cc(C)nn2C)c(N)c1. The number of rotatable bonds is 4. The van der Waals surface area contributed by atoms with E-state index in [1.54, 1.807) is 26.1 Å². The van der Waals surface area contributed by atoms with Crippen LogP contribution in [0.2, 0.25) is 0 Å². The van der Waals surface area contributed by atoms with Gasteiger partial charge in [0.2, 0.25) is 0 Å². The number of aryl methyl sites for hydroxylation is 2. The lowest BCUT2D eigenvalue weighted by atomic mass is 10.3. The van der Waals surface area contributed by atoms with Gasteiger partial charge in [-0.2, -0.15) is 5.10 Å². The number of methoxy groups -OCH3 is 1. The molecule has 3 N–H and O–H groups in total. The molecule has 0 aliphatic carbocycles. The highest BCUT2D eigenvalue weighted by Crippen LogP contribution is 2.25. The van der Waals surface area contributed by atoms with Crippen LogP contribution in [0.5, 0.6) is 5.75 Å². The summed E-state index contributed by atoms with van der Waals surface area (Å²) in [5, 5.41) is 4.08. The molecule has 20 heavy (non-hydrogen) atoms. The molecule has 7 nitrogen and oxygen atoms in total. The van der Waals surface area contributed by atoms with Crippen LogP contribution in [0, 0.1) is 6.92 Å². The van der Waals surface area contributed by atoms with Crippen LogP contribution < -0.4 is 15.2 Å². The Morgan fingerprint density at radius 2 is 2.05 bits per heavy atom. The van der Waals surface area contributed by atoms with E-state index in [0.29, 0.717) is 17.3 Å². The predicted octanol–water partition coefficient (Wildman–Crippen LogP) is 1.12. The summed E-state index contributed by atoms with van der Waals surface area (Å²) in [5.74, 6) is 0.871. The largest absolute Gasteiger partial charge is 0.497 e. The van der Waals surface area contributed by atoms with Crippen LogP contribution in [0.4, 0.5) is 11.5 Å². The standard InChI is InChI=1S/C12H16N4O3S/c1-8-6-12(16(2)14-8)15-20(17,18)11-5-4-9(19-3)7-10(11)13/h4-7,15H,13H2,1-3H3. The molecule has 0 unspecified atom stereocenters. The number of anilines is 2. The molecule has 2 aromatic rings. The third-order valence-electron chi connectivity index (χ3n) is 2.75. The molecule has 8 heteroatoms. The monoisotopic (exact) mass is 296 g/mol. The van der Waals surface area contributed by atoms with Gasteiger partial charge in [0.15, 0.2) is 0 Å². The predicted molar refractivity (Wildman–Crippen MR) is 76.2 cm³/mol. The first-order valence-corrected chi connectivity index (χ1v) is 7.29. The van der Waals surface area contributed by atoms with Gasteiger partial charge in [-0.25, -0.2) is 8.42 Å². The number of aromatic nitrogens is 2. The number of ether oxygens (including phenoxy) is 1. The van der Waals surface area contributed by atoms with Crippen LogP contribution in [0.1, 0.15) is 5.69 Å². The molecule has 1 aromatic heterocycles. The molecule has 108 valence electrons. The lowest BCUT2D eigenvalue weighted by Crippen LogP contribution is -2.16. The molecule has 0 aliphatic rings. The maximum atomic E-state index is 12.3. The Labute approximate surface area is 117 Å². The molecular formula is C12H16N4O3S. The molecule has 2 rings (SSSR count). The number of nitrogens with zero attached hydrogens (tertiary/aromatic N) is 2. The minimum atomic E-state index is -3.77. The molecule has 1 aromatic carbocycles. The van der Waals surface area contributed by atoms with Gasteiger partial charge in [0.05, 0.1) is 18.5 Å². The summed E-state index contributed by atoms with van der Waals surface area (Å²) in [7, 11) is -0.629. The Hall–Kier alpha value is -2.22. The first-order valence-electron chi connectivity index (χ1n) is 5.80. The normalized spacial score (nSPS) is 11.3. The summed E-state index contributed by atoms with van der Waals surface area (Å²) in [6.07, 6.45) is 0. The Balaban J connectivity index is 2.38. The van der Waals surface area contributed by atoms with Crippen molar-refractivity contribution in [1.82, 2.24) is 9.78 Å². The zero-order chi connectivity index (χ0) is 14.9. The summed E-state index contributed by atoms with van der Waals surface area (Å²) in [6, 6.07) is 6.04. The maximum absolute atomic E-state index is 12.3. The lowest BCUT2D eigenvalue weighted by Gasteiger charge is -2.11. The van der Waals surface area contributed by atoms with Crippen molar-refractivity contribution in [1.29, 1.82) is 0 Å². The topological polar surface area (TPSA) is 99.2 Å². The van der Waals surface area contributed by atoms with Crippen LogP contribution >= 0.6 is 0 Å². The van der Waals surface area contributed by atoms with Crippen molar-refractivity contribution in [2.45, 2.75) is 11.8 Å². The van der Waals surface area contributed by atoms with Gasteiger partial charge in [-0.1, -0.05) is 0 Å². The molecule has 1 heterocycles. The second-order valence-electron chi connectivity index (χ2n) is 4.30. The minimum Gasteiger partial charge on any atom is -0.497 e. The summed E-state index contributed by atoms with van der Waals surface area (Å²) < 4.78 is 33.5. The molecule has 0 saturated heterocycles. The van der Waals surface area contributed by atoms with E-state index in [0.717, 1.165) is 0 Å². The average molecular weight is 296 g/mol. The Morgan fingerprint density at radius 3 is 2.55 bits per heavy atom. The third kappa shape index (κ3) is 2.69. The van der Waals surface area contributed by atoms with E-state index in [1.807, 2.05) is 0 Å². The van der Waals surface area contributed by atoms with Crippen LogP contribution in [-0.4, -0.2) is 25.3 Å². The van der Waals surface area contributed by atoms with Gasteiger partial charge in [-0.3, -0.25) is 9.40 Å². The first kappa shape index (κ1) is 14.2. The fourth-order valence-electron chi connectivity index (χ4n) is 1.80. The van der Waals surface area contributed by atoms with E-state index in [2.05, 4.69) is 9.82 Å². The van der Waals surface area contributed by atoms with Gasteiger partial charge in [-0.05, 0) is 19.1 Å². The smallest absolute Gasteiger partial charge is 0.265 e. The second-order valence-corrected chi connectivity index (χ2v) is 5.95. The number of nitrogens with two attached hydrogens (primary N) is 1. The molecule has 0 bridgehead atoms. The minimum absolute atomic E-state index is 0.00264. The van der Waals surface area contributed by atoms with Crippen LogP contribution in [0.15, 0.2) is 29.2 Å². The summed E-state index contributed by atoms with van der Waals surface area (Å²) >= 11 is 0. The van der Waals surface area contributed by atoms with Gasteiger partial charge < -0.3 is 10.5 Å². The molecule has 0 spiro atoms. The highest BCUT2D eigenvalue weighted by atomic mass is 32.2. The fourth-order valence-corrected chi connectivity index (χ4v) is 2.99. The highest BCUT2D eigenvalue weighted by molar-refractivity contribution is 7.92. The van der Waals surface area contributed by atoms with Crippen molar-refractivity contribution in [3.63, 3.8) is 0 Å². The third-order valence-corrected chi connectivity index (χ3v) is 4.18. The quantitative estimate of drug-likeness (QED) is 0.824. The van der Waals surface area contributed by atoms with Gasteiger partial charge in [-0.15, -0.1) is 0 Å². The van der Waals surface area contributed by atoms with E-state index >= 15 is 0 Å². The Morgan fingerprint density at radius 1 is 1.35 bits per heavy atom. The van der Waals surface area contributed by atoms with Crippen molar-refractivity contribution in [2.24, 2.45) is 7.05 Å². The van der Waals surface area contributed by atoms with E-state index in [-0.39, 0.29) is 10.6 Å². The van der Waals surface area contributed by atoms with Crippen LogP contribution in [-0.2, 0) is 17.1 Å². The molecular weight excluding hydrogens is 280 g/mol. The van der Waals surface area contributed by atoms with Crippen LogP contribution in [0.3, 0.4) is 0 Å². The van der Waals surface area contributed by atoms with Gasteiger partial charge >= 0.3 is 0 Å². The van der Waals surface area contributed by atoms with E-state index in [4.69, 9.17) is 10.5 Å². The molecule has 0 fully saturated rings. The second kappa shape index (κ2) is 5.04. The molecule has 0 saturated carbocycles. The van der Waals surface area contributed by atoms with Crippen molar-refractivity contribution in [3.05, 3.63) is 30.0 Å². The van der Waals surface area contributed by atoms with Crippen molar-refractivity contribution < 1.29 is 13.2 Å². The number of hydrogen-bond acceptors (Lipinski definition) is 5. The number of benzene rings is 1. The average Bonchev–Trinajstić information content (AvgIpc) is 2.66. The molecule has 0 radical (unpaired) electrons. The molecule has 0 amide bonds. The zero-order valence-electron chi connectivity index (χ0n) is 11.4. The Kier molecular flexibility index (Phi) is 3.58. The van der Waals surface area contributed by atoms with E-state index in [9.17, 15) is 8.42 Å². The van der Waals surface area contributed by atoms with Crippen LogP contribution in [0.25, 0.3) is 0 Å². The lowest BCUT2D eigenvalue weighted by molar-refractivity contribution is 0.414. The van der Waals surface area contributed by atoms with E-state index < -0.39 is 10.0 Å². The van der Waals surface area contributed by atoms with Gasteiger partial charge in [0.1, 0.15) is 16.5 Å². The highest BCUT2D eigenvalue weighted by Gasteiger charge is 2.19. The Bertz CT molecular complexity index is 737. The summed E-state index contributed by atoms with van der Waals surface area (Å²) in [4.78, 5) is -0.00264. The van der Waals surface area contributed by atoms with Crippen molar-refractivity contribution in [3.8, 4) is 5.75 Å². The van der Waals surface area contributed by atoms with E-state index in [1.165, 1.54) is 23.9 Å². The summed E-state index contributed by atoms with van der Waals surface area (Å²) in [5.41, 5.74) is 6.60. The molecule has 0 atom stereocenters. The number of hydrogen-bond donors (Lipinski definition) is 2. The zero-order valence-corrected chi connectivity index (χ0v) is 12.2. The van der Waals surface area contributed by atoms with Gasteiger partial charge in [0, 0.05) is 19.2 Å². The maximum Gasteiger partial charge on any atom is 0.265 e. The fraction of sp³-hybridized carbons (Fsp3) is 0.250. The van der Waals surface area contributed by atoms with Gasteiger partial charge in [0.25, 0.3) is 10.0 Å². The summed E-state index contributed by atoms with van der Waals surface area (Å²) in [6.45, 7) is 1.78. The van der Waals surface area contributed by atoms with Crippen molar-refractivity contribution in [2.75, 3.05) is 17.6 Å². The number of nitrogen functional groups attached to an aromatic ring is 1.